The van der Waals surface area contributed by atoms with Crippen LogP contribution < -0.4 is 10.6 Å². The number of hydrogen-bond acceptors (Lipinski definition) is 6. The zero-order chi connectivity index (χ0) is 20.8. The van der Waals surface area contributed by atoms with Crippen molar-refractivity contribution in [2.45, 2.75) is 31.8 Å². The standard InChI is InChI=1S/C21H17N5O4/c27-17-4-3-16(20(29)25-17)26-10-11-1-2-12(9-15(11)21(26)30)24-19(28)14-6-8-23-18-13(14)5-7-22-18/h1-2,5,7-9,16H,3-4,6,10H2,(H,24,28)(H,25,27,29). The molecule has 2 N–H and O–H groups in total. The summed E-state index contributed by atoms with van der Waals surface area (Å²) in [4.78, 5) is 59.0. The molecule has 30 heavy (non-hydrogen) atoms. The molecule has 9 nitrogen and oxygen atoms in total. The molecule has 4 aliphatic heterocycles. The van der Waals surface area contributed by atoms with Crippen molar-refractivity contribution in [1.29, 1.82) is 0 Å². The minimum Gasteiger partial charge on any atom is -0.322 e. The zero-order valence-electron chi connectivity index (χ0n) is 15.8. The minimum atomic E-state index is -0.666. The summed E-state index contributed by atoms with van der Waals surface area (Å²) in [6.07, 6.45) is 5.93. The highest BCUT2D eigenvalue weighted by atomic mass is 16.2. The van der Waals surface area contributed by atoms with Gasteiger partial charge in [-0.25, -0.2) is 9.98 Å². The lowest BCUT2D eigenvalue weighted by Gasteiger charge is -2.29. The summed E-state index contributed by atoms with van der Waals surface area (Å²) in [5.41, 5.74) is 2.99. The number of fused-ring (bicyclic) bond motifs is 2. The second-order valence-corrected chi connectivity index (χ2v) is 7.40. The predicted molar refractivity (Wildman–Crippen MR) is 108 cm³/mol. The Labute approximate surface area is 171 Å². The van der Waals surface area contributed by atoms with E-state index in [1.165, 1.54) is 4.90 Å². The van der Waals surface area contributed by atoms with Gasteiger partial charge in [0.15, 0.2) is 5.84 Å². The molecule has 1 atom stereocenters. The van der Waals surface area contributed by atoms with E-state index in [1.54, 1.807) is 36.7 Å². The molecule has 0 radical (unpaired) electrons. The zero-order valence-corrected chi connectivity index (χ0v) is 15.8. The van der Waals surface area contributed by atoms with Crippen molar-refractivity contribution in [3.8, 4) is 0 Å². The van der Waals surface area contributed by atoms with Gasteiger partial charge >= 0.3 is 0 Å². The van der Waals surface area contributed by atoms with Crippen LogP contribution in [-0.2, 0) is 20.9 Å². The smallest absolute Gasteiger partial charge is 0.255 e. The first-order chi connectivity index (χ1) is 14.5. The summed E-state index contributed by atoms with van der Waals surface area (Å²) in [5, 5.41) is 5.13. The topological polar surface area (TPSA) is 120 Å². The second kappa shape index (κ2) is 6.87. The van der Waals surface area contributed by atoms with Crippen LogP contribution in [-0.4, -0.2) is 46.6 Å². The fourth-order valence-electron chi connectivity index (χ4n) is 4.05. The number of carbonyl (C=O) groups is 4. The molecule has 0 spiro atoms. The average Bonchev–Trinajstić information content (AvgIpc) is 3.33. The summed E-state index contributed by atoms with van der Waals surface area (Å²) in [6.45, 7) is 0.297. The molecule has 9 heteroatoms. The van der Waals surface area contributed by atoms with Crippen LogP contribution in [0.3, 0.4) is 0 Å². The molecular weight excluding hydrogens is 386 g/mol. The predicted octanol–water partition coefficient (Wildman–Crippen LogP) is 1.08. The van der Waals surface area contributed by atoms with E-state index in [1.807, 2.05) is 0 Å². The second-order valence-electron chi connectivity index (χ2n) is 7.40. The van der Waals surface area contributed by atoms with E-state index in [2.05, 4.69) is 20.6 Å². The molecule has 1 aromatic rings. The van der Waals surface area contributed by atoms with Crippen LogP contribution in [0.25, 0.3) is 0 Å². The molecule has 0 aromatic heterocycles. The third-order valence-electron chi connectivity index (χ3n) is 5.57. The van der Waals surface area contributed by atoms with E-state index in [0.29, 0.717) is 47.6 Å². The Balaban J connectivity index is 1.35. The van der Waals surface area contributed by atoms with Crippen LogP contribution in [0, 0.1) is 0 Å². The number of nitrogens with zero attached hydrogens (tertiary/aromatic N) is 3. The lowest BCUT2D eigenvalue weighted by atomic mass is 10.0. The third-order valence-corrected chi connectivity index (χ3v) is 5.57. The van der Waals surface area contributed by atoms with Crippen molar-refractivity contribution >= 4 is 41.4 Å². The monoisotopic (exact) mass is 403 g/mol. The van der Waals surface area contributed by atoms with Crippen LogP contribution in [0.5, 0.6) is 0 Å². The first kappa shape index (κ1) is 18.2. The molecule has 4 aliphatic rings. The van der Waals surface area contributed by atoms with Gasteiger partial charge in [-0.05, 0) is 30.2 Å². The van der Waals surface area contributed by atoms with E-state index < -0.39 is 11.9 Å². The Bertz CT molecular complexity index is 1140. The molecule has 4 amide bonds. The van der Waals surface area contributed by atoms with Crippen molar-refractivity contribution in [1.82, 2.24) is 10.2 Å². The van der Waals surface area contributed by atoms with Crippen LogP contribution in [0.1, 0.15) is 35.2 Å². The number of piperidine rings is 1. The Hall–Kier alpha value is -3.88. The molecule has 150 valence electrons. The van der Waals surface area contributed by atoms with Gasteiger partial charge in [0.05, 0.1) is 0 Å². The number of benzene rings is 1. The molecule has 1 aromatic carbocycles. The number of amidine groups is 1. The first-order valence-electron chi connectivity index (χ1n) is 9.60. The number of amides is 4. The van der Waals surface area contributed by atoms with Crippen molar-refractivity contribution in [2.24, 2.45) is 9.98 Å². The van der Waals surface area contributed by atoms with Crippen LogP contribution in [0.4, 0.5) is 5.69 Å². The normalized spacial score (nSPS) is 22.1. The fraction of sp³-hybridized carbons (Fsp3) is 0.238. The average molecular weight is 403 g/mol. The maximum atomic E-state index is 12.9. The summed E-state index contributed by atoms with van der Waals surface area (Å²) in [7, 11) is 0. The van der Waals surface area contributed by atoms with Gasteiger partial charge in [0.2, 0.25) is 11.8 Å². The van der Waals surface area contributed by atoms with Gasteiger partial charge in [-0.3, -0.25) is 24.5 Å². The molecule has 5 rings (SSSR count). The quantitative estimate of drug-likeness (QED) is 0.734. The van der Waals surface area contributed by atoms with Gasteiger partial charge in [0.1, 0.15) is 6.04 Å². The molecule has 0 saturated carbocycles. The van der Waals surface area contributed by atoms with Gasteiger partial charge in [0.25, 0.3) is 11.8 Å². The Morgan fingerprint density at radius 1 is 1.23 bits per heavy atom. The highest BCUT2D eigenvalue weighted by Crippen LogP contribution is 2.30. The van der Waals surface area contributed by atoms with E-state index in [4.69, 9.17) is 0 Å². The van der Waals surface area contributed by atoms with Crippen LogP contribution >= 0.6 is 0 Å². The molecule has 4 heterocycles. The van der Waals surface area contributed by atoms with Crippen molar-refractivity contribution in [3.05, 3.63) is 52.7 Å². The van der Waals surface area contributed by atoms with Gasteiger partial charge < -0.3 is 10.2 Å². The van der Waals surface area contributed by atoms with E-state index in [9.17, 15) is 19.2 Å². The molecular formula is C21H17N5O4. The Kier molecular flexibility index (Phi) is 4.16. The van der Waals surface area contributed by atoms with Crippen molar-refractivity contribution in [2.75, 3.05) is 5.32 Å². The summed E-state index contributed by atoms with van der Waals surface area (Å²) < 4.78 is 0. The number of rotatable bonds is 3. The highest BCUT2D eigenvalue weighted by Gasteiger charge is 2.39. The van der Waals surface area contributed by atoms with Gasteiger partial charge in [-0.2, -0.15) is 0 Å². The number of nitrogens with one attached hydrogen (secondary N) is 2. The summed E-state index contributed by atoms with van der Waals surface area (Å²) in [5.74, 6) is -0.803. The van der Waals surface area contributed by atoms with E-state index >= 15 is 0 Å². The first-order valence-corrected chi connectivity index (χ1v) is 9.60. The number of aliphatic imine (C=N–C) groups is 2. The van der Waals surface area contributed by atoms with Crippen molar-refractivity contribution in [3.63, 3.8) is 0 Å². The SMILES string of the molecule is O=C1CCC(N2Cc3ccc(NC(=O)C4=C5C=CN=C5N=CC4)cc3C2=O)C(=O)N1. The van der Waals surface area contributed by atoms with Crippen molar-refractivity contribution < 1.29 is 19.2 Å². The van der Waals surface area contributed by atoms with E-state index in [-0.39, 0.29) is 24.1 Å². The highest BCUT2D eigenvalue weighted by molar-refractivity contribution is 6.18. The fourth-order valence-corrected chi connectivity index (χ4v) is 4.05. The van der Waals surface area contributed by atoms with Crippen LogP contribution in [0.2, 0.25) is 0 Å². The maximum absolute atomic E-state index is 12.9. The summed E-state index contributed by atoms with van der Waals surface area (Å²) in [6, 6.07) is 4.47. The molecule has 0 aliphatic carbocycles. The molecule has 1 saturated heterocycles. The number of carbonyl (C=O) groups excluding carboxylic acids is 4. The lowest BCUT2D eigenvalue weighted by molar-refractivity contribution is -0.136. The van der Waals surface area contributed by atoms with Gasteiger partial charge in [-0.15, -0.1) is 0 Å². The third kappa shape index (κ3) is 2.95. The largest absolute Gasteiger partial charge is 0.322 e. The Morgan fingerprint density at radius 3 is 2.93 bits per heavy atom. The molecule has 0 bridgehead atoms. The minimum absolute atomic E-state index is 0.207. The molecule has 1 unspecified atom stereocenters. The summed E-state index contributed by atoms with van der Waals surface area (Å²) >= 11 is 0. The Morgan fingerprint density at radius 2 is 2.10 bits per heavy atom. The number of dihydropyridines is 1. The number of imide groups is 1. The number of hydrogen-bond donors (Lipinski definition) is 2. The molecule has 1 fully saturated rings. The lowest BCUT2D eigenvalue weighted by Crippen LogP contribution is -2.52. The van der Waals surface area contributed by atoms with Gasteiger partial charge in [0, 0.05) is 54.2 Å². The van der Waals surface area contributed by atoms with Gasteiger partial charge in [-0.1, -0.05) is 6.07 Å². The van der Waals surface area contributed by atoms with E-state index in [0.717, 1.165) is 5.56 Å². The maximum Gasteiger partial charge on any atom is 0.255 e. The number of anilines is 1. The van der Waals surface area contributed by atoms with Crippen LogP contribution in [0.15, 0.2) is 51.6 Å².